The Balaban J connectivity index is 2.62. The van der Waals surface area contributed by atoms with E-state index in [0.717, 1.165) is 0 Å². The van der Waals surface area contributed by atoms with Gasteiger partial charge >= 0.3 is 0 Å². The number of halogens is 1. The summed E-state index contributed by atoms with van der Waals surface area (Å²) in [5.74, 6) is 0.538. The molecule has 1 heterocycles. The van der Waals surface area contributed by atoms with Gasteiger partial charge < -0.3 is 10.5 Å². The van der Waals surface area contributed by atoms with Crippen molar-refractivity contribution in [2.75, 3.05) is 12.8 Å². The first kappa shape index (κ1) is 10.5. The predicted octanol–water partition coefficient (Wildman–Crippen LogP) is 1.82. The minimum absolute atomic E-state index is 0.331. The highest BCUT2D eigenvalue weighted by Crippen LogP contribution is 2.32. The molecule has 5 heteroatoms. The lowest BCUT2D eigenvalue weighted by Gasteiger charge is -2.06. The zero-order chi connectivity index (χ0) is 11.7. The lowest BCUT2D eigenvalue weighted by molar-refractivity contribution is 0.413. The first-order valence-electron chi connectivity index (χ1n) is 4.76. The molecule has 4 nitrogen and oxygen atoms in total. The summed E-state index contributed by atoms with van der Waals surface area (Å²) >= 11 is 0. The number of rotatable bonds is 2. The Kier molecular flexibility index (Phi) is 2.52. The molecule has 0 amide bonds. The largest absolute Gasteiger partial charge is 0.496 e. The van der Waals surface area contributed by atoms with E-state index in [9.17, 15) is 4.39 Å². The summed E-state index contributed by atoms with van der Waals surface area (Å²) in [6.07, 6.45) is 0. The molecule has 84 valence electrons. The van der Waals surface area contributed by atoms with Gasteiger partial charge in [0, 0.05) is 13.1 Å². The Hall–Kier alpha value is -2.04. The van der Waals surface area contributed by atoms with E-state index in [4.69, 9.17) is 10.5 Å². The maximum atomic E-state index is 13.7. The third-order valence-electron chi connectivity index (χ3n) is 2.37. The summed E-state index contributed by atoms with van der Waals surface area (Å²) in [7, 11) is 3.19. The Morgan fingerprint density at radius 1 is 1.44 bits per heavy atom. The van der Waals surface area contributed by atoms with Crippen LogP contribution in [0.5, 0.6) is 5.75 Å². The number of hydrogen-bond acceptors (Lipinski definition) is 3. The van der Waals surface area contributed by atoms with Gasteiger partial charge in [0.25, 0.3) is 0 Å². The minimum atomic E-state index is -0.377. The Morgan fingerprint density at radius 3 is 2.75 bits per heavy atom. The van der Waals surface area contributed by atoms with Crippen LogP contribution in [0.15, 0.2) is 24.3 Å². The average molecular weight is 221 g/mol. The van der Waals surface area contributed by atoms with Crippen molar-refractivity contribution in [1.82, 2.24) is 9.78 Å². The lowest BCUT2D eigenvalue weighted by Crippen LogP contribution is -1.97. The van der Waals surface area contributed by atoms with Crippen molar-refractivity contribution in [2.24, 2.45) is 7.05 Å². The second-order valence-electron chi connectivity index (χ2n) is 3.40. The van der Waals surface area contributed by atoms with Crippen molar-refractivity contribution in [2.45, 2.75) is 0 Å². The maximum absolute atomic E-state index is 13.7. The number of methoxy groups -OCH3 is 1. The van der Waals surface area contributed by atoms with Gasteiger partial charge in [-0.3, -0.25) is 4.68 Å². The molecular weight excluding hydrogens is 209 g/mol. The summed E-state index contributed by atoms with van der Waals surface area (Å²) in [4.78, 5) is 0. The number of nitrogens with two attached hydrogens (primary N) is 1. The van der Waals surface area contributed by atoms with Crippen LogP contribution in [0.1, 0.15) is 0 Å². The highest BCUT2D eigenvalue weighted by atomic mass is 19.1. The van der Waals surface area contributed by atoms with Crippen LogP contribution in [0.25, 0.3) is 11.3 Å². The van der Waals surface area contributed by atoms with Gasteiger partial charge in [0.1, 0.15) is 23.1 Å². The van der Waals surface area contributed by atoms with Gasteiger partial charge in [0.15, 0.2) is 0 Å². The van der Waals surface area contributed by atoms with E-state index in [1.807, 2.05) is 0 Å². The highest BCUT2D eigenvalue weighted by Gasteiger charge is 2.15. The summed E-state index contributed by atoms with van der Waals surface area (Å²) < 4.78 is 20.3. The van der Waals surface area contributed by atoms with Crippen molar-refractivity contribution in [1.29, 1.82) is 0 Å². The topological polar surface area (TPSA) is 53.1 Å². The van der Waals surface area contributed by atoms with E-state index < -0.39 is 0 Å². The van der Waals surface area contributed by atoms with Gasteiger partial charge in [-0.15, -0.1) is 0 Å². The predicted molar refractivity (Wildman–Crippen MR) is 59.6 cm³/mol. The van der Waals surface area contributed by atoms with Crippen LogP contribution >= 0.6 is 0 Å². The summed E-state index contributed by atoms with van der Waals surface area (Å²) in [5.41, 5.74) is 6.46. The molecule has 2 rings (SSSR count). The quantitative estimate of drug-likeness (QED) is 0.841. The van der Waals surface area contributed by atoms with E-state index in [1.54, 1.807) is 25.2 Å². The van der Waals surface area contributed by atoms with Crippen LogP contribution in [0.2, 0.25) is 0 Å². The smallest absolute Gasteiger partial charge is 0.136 e. The highest BCUT2D eigenvalue weighted by molar-refractivity contribution is 5.69. The zero-order valence-corrected chi connectivity index (χ0v) is 9.07. The number of benzene rings is 1. The van der Waals surface area contributed by atoms with Gasteiger partial charge in [0.05, 0.1) is 12.7 Å². The van der Waals surface area contributed by atoms with Crippen molar-refractivity contribution >= 4 is 5.82 Å². The third kappa shape index (κ3) is 1.60. The molecule has 0 atom stereocenters. The van der Waals surface area contributed by atoms with Crippen molar-refractivity contribution < 1.29 is 9.13 Å². The van der Waals surface area contributed by atoms with Gasteiger partial charge in [-0.05, 0) is 12.1 Å². The molecule has 0 saturated heterocycles. The summed E-state index contributed by atoms with van der Waals surface area (Å²) in [5, 5.41) is 4.12. The van der Waals surface area contributed by atoms with E-state index in [1.165, 1.54) is 17.9 Å². The monoisotopic (exact) mass is 221 g/mol. The standard InChI is InChI=1S/C11H12FN3O/c1-15-10(13)6-8(14-15)11-7(12)4-3-5-9(11)16-2/h3-6H,13H2,1-2H3. The molecule has 0 aliphatic rings. The molecule has 0 aliphatic carbocycles. The van der Waals surface area contributed by atoms with Crippen LogP contribution in [-0.2, 0) is 7.05 Å². The van der Waals surface area contributed by atoms with E-state index in [0.29, 0.717) is 22.8 Å². The van der Waals surface area contributed by atoms with E-state index in [2.05, 4.69) is 5.10 Å². The number of ether oxygens (including phenoxy) is 1. The van der Waals surface area contributed by atoms with Crippen molar-refractivity contribution in [3.8, 4) is 17.0 Å². The number of nitrogen functional groups attached to an aromatic ring is 1. The van der Waals surface area contributed by atoms with Gasteiger partial charge in [-0.1, -0.05) is 6.07 Å². The number of aryl methyl sites for hydroxylation is 1. The molecule has 2 N–H and O–H groups in total. The molecule has 0 spiro atoms. The minimum Gasteiger partial charge on any atom is -0.496 e. The van der Waals surface area contributed by atoms with Crippen LogP contribution in [-0.4, -0.2) is 16.9 Å². The van der Waals surface area contributed by atoms with Crippen LogP contribution in [0.4, 0.5) is 10.2 Å². The molecular formula is C11H12FN3O. The molecule has 0 radical (unpaired) electrons. The SMILES string of the molecule is COc1cccc(F)c1-c1cc(N)n(C)n1. The molecule has 1 aromatic heterocycles. The first-order chi connectivity index (χ1) is 7.63. The molecule has 16 heavy (non-hydrogen) atoms. The average Bonchev–Trinajstić information content (AvgIpc) is 2.58. The molecule has 0 aliphatic heterocycles. The number of aromatic nitrogens is 2. The maximum Gasteiger partial charge on any atom is 0.136 e. The molecule has 0 bridgehead atoms. The molecule has 0 fully saturated rings. The summed E-state index contributed by atoms with van der Waals surface area (Å²) in [6, 6.07) is 6.25. The van der Waals surface area contributed by atoms with Crippen molar-refractivity contribution in [3.63, 3.8) is 0 Å². The number of hydrogen-bond donors (Lipinski definition) is 1. The molecule has 1 aromatic carbocycles. The number of nitrogens with zero attached hydrogens (tertiary/aromatic N) is 2. The van der Waals surface area contributed by atoms with Gasteiger partial charge in [-0.25, -0.2) is 4.39 Å². The van der Waals surface area contributed by atoms with Crippen molar-refractivity contribution in [3.05, 3.63) is 30.1 Å². The third-order valence-corrected chi connectivity index (χ3v) is 2.37. The van der Waals surface area contributed by atoms with Crippen LogP contribution in [0, 0.1) is 5.82 Å². The summed E-state index contributed by atoms with van der Waals surface area (Å²) in [6.45, 7) is 0. The second kappa shape index (κ2) is 3.84. The van der Waals surface area contributed by atoms with E-state index >= 15 is 0 Å². The van der Waals surface area contributed by atoms with Crippen LogP contribution in [0.3, 0.4) is 0 Å². The van der Waals surface area contributed by atoms with Crippen LogP contribution < -0.4 is 10.5 Å². The fraction of sp³-hybridized carbons (Fsp3) is 0.182. The fourth-order valence-corrected chi connectivity index (χ4v) is 1.53. The first-order valence-corrected chi connectivity index (χ1v) is 4.76. The fourth-order valence-electron chi connectivity index (χ4n) is 1.53. The number of anilines is 1. The Morgan fingerprint density at radius 2 is 2.19 bits per heavy atom. The molecule has 2 aromatic rings. The Labute approximate surface area is 92.4 Å². The van der Waals surface area contributed by atoms with Gasteiger partial charge in [-0.2, -0.15) is 5.10 Å². The van der Waals surface area contributed by atoms with E-state index in [-0.39, 0.29) is 5.82 Å². The normalized spacial score (nSPS) is 10.4. The second-order valence-corrected chi connectivity index (χ2v) is 3.40. The zero-order valence-electron chi connectivity index (χ0n) is 9.07. The van der Waals surface area contributed by atoms with Gasteiger partial charge in [0.2, 0.25) is 0 Å². The Bertz CT molecular complexity index is 502. The molecule has 0 saturated carbocycles. The molecule has 0 unspecified atom stereocenters. The lowest BCUT2D eigenvalue weighted by atomic mass is 10.1.